The molecular weight excluding hydrogens is 293 g/mol. The summed E-state index contributed by atoms with van der Waals surface area (Å²) >= 11 is 0. The van der Waals surface area contributed by atoms with Crippen LogP contribution in [-0.4, -0.2) is 31.1 Å². The third-order valence-corrected chi connectivity index (χ3v) is 3.41. The van der Waals surface area contributed by atoms with E-state index in [2.05, 4.69) is 35.0 Å². The number of piperazine rings is 1. The van der Waals surface area contributed by atoms with Gasteiger partial charge in [-0.3, -0.25) is 4.90 Å². The van der Waals surface area contributed by atoms with Crippen LogP contribution >= 0.6 is 24.8 Å². The molecule has 0 saturated carbocycles. The van der Waals surface area contributed by atoms with Crippen molar-refractivity contribution in [2.75, 3.05) is 26.2 Å². The van der Waals surface area contributed by atoms with Crippen molar-refractivity contribution in [3.05, 3.63) is 48.0 Å². The third-order valence-electron chi connectivity index (χ3n) is 3.41. The number of rotatable bonds is 4. The van der Waals surface area contributed by atoms with E-state index in [0.29, 0.717) is 6.04 Å². The molecule has 1 aliphatic rings. The maximum Gasteiger partial charge on any atom is 0.0991 e. The summed E-state index contributed by atoms with van der Waals surface area (Å²) in [5, 5.41) is 12.2. The number of nitrogens with one attached hydrogen (secondary N) is 1. The summed E-state index contributed by atoms with van der Waals surface area (Å²) in [7, 11) is 0. The average molecular weight is 314 g/mol. The van der Waals surface area contributed by atoms with Crippen molar-refractivity contribution in [2.45, 2.75) is 12.5 Å². The van der Waals surface area contributed by atoms with E-state index >= 15 is 0 Å². The van der Waals surface area contributed by atoms with Gasteiger partial charge >= 0.3 is 0 Å². The lowest BCUT2D eigenvalue weighted by Crippen LogP contribution is -2.45. The van der Waals surface area contributed by atoms with E-state index in [9.17, 15) is 0 Å². The SMILES string of the molecule is C=CC[C@H](c1ccc(C#N)cc1)N1CCNCC1.Cl.Cl. The number of halogens is 2. The zero-order chi connectivity index (χ0) is 12.8. The Hall–Kier alpha value is -1.05. The first-order valence-electron chi connectivity index (χ1n) is 6.41. The van der Waals surface area contributed by atoms with Crippen molar-refractivity contribution in [3.8, 4) is 6.07 Å². The Balaban J connectivity index is 0.00000180. The van der Waals surface area contributed by atoms with Gasteiger partial charge in [-0.2, -0.15) is 5.26 Å². The first-order valence-corrected chi connectivity index (χ1v) is 6.41. The lowest BCUT2D eigenvalue weighted by atomic mass is 10.00. The molecule has 0 aliphatic carbocycles. The van der Waals surface area contributed by atoms with Gasteiger partial charge in [-0.05, 0) is 24.1 Å². The molecule has 1 fully saturated rings. The second-order valence-electron chi connectivity index (χ2n) is 4.56. The molecule has 1 heterocycles. The van der Waals surface area contributed by atoms with Gasteiger partial charge in [0.1, 0.15) is 0 Å². The summed E-state index contributed by atoms with van der Waals surface area (Å²) in [6, 6.07) is 10.5. The van der Waals surface area contributed by atoms with E-state index in [1.54, 1.807) is 0 Å². The molecule has 20 heavy (non-hydrogen) atoms. The van der Waals surface area contributed by atoms with Gasteiger partial charge in [-0.25, -0.2) is 0 Å². The van der Waals surface area contributed by atoms with Crippen molar-refractivity contribution in [2.24, 2.45) is 0 Å². The normalized spacial score (nSPS) is 16.1. The number of nitrogens with zero attached hydrogens (tertiary/aromatic N) is 2. The Morgan fingerprint density at radius 2 is 1.85 bits per heavy atom. The zero-order valence-electron chi connectivity index (χ0n) is 11.4. The highest BCUT2D eigenvalue weighted by atomic mass is 35.5. The summed E-state index contributed by atoms with van der Waals surface area (Å²) in [5.74, 6) is 0. The highest BCUT2D eigenvalue weighted by Crippen LogP contribution is 2.25. The molecule has 1 aromatic rings. The molecule has 1 aromatic carbocycles. The molecule has 0 radical (unpaired) electrons. The lowest BCUT2D eigenvalue weighted by Gasteiger charge is -2.34. The third kappa shape index (κ3) is 4.81. The minimum absolute atomic E-state index is 0. The van der Waals surface area contributed by atoms with Crippen LogP contribution in [0.5, 0.6) is 0 Å². The van der Waals surface area contributed by atoms with E-state index in [-0.39, 0.29) is 24.8 Å². The van der Waals surface area contributed by atoms with E-state index in [1.165, 1.54) is 5.56 Å². The molecule has 1 N–H and O–H groups in total. The zero-order valence-corrected chi connectivity index (χ0v) is 13.1. The van der Waals surface area contributed by atoms with Crippen molar-refractivity contribution >= 4 is 24.8 Å². The monoisotopic (exact) mass is 313 g/mol. The number of hydrogen-bond donors (Lipinski definition) is 1. The Bertz CT molecular complexity index is 433. The Labute approximate surface area is 133 Å². The van der Waals surface area contributed by atoms with Gasteiger partial charge in [0, 0.05) is 32.2 Å². The Kier molecular flexibility index (Phi) is 9.28. The predicted octanol–water partition coefficient (Wildman–Crippen LogP) is 2.92. The summed E-state index contributed by atoms with van der Waals surface area (Å²) < 4.78 is 0. The second kappa shape index (κ2) is 9.79. The van der Waals surface area contributed by atoms with Gasteiger partial charge in [0.25, 0.3) is 0 Å². The van der Waals surface area contributed by atoms with Gasteiger partial charge in [0.05, 0.1) is 11.6 Å². The van der Waals surface area contributed by atoms with Crippen LogP contribution in [0.25, 0.3) is 0 Å². The van der Waals surface area contributed by atoms with Gasteiger partial charge in [0.15, 0.2) is 0 Å². The lowest BCUT2D eigenvalue weighted by molar-refractivity contribution is 0.174. The number of benzene rings is 1. The van der Waals surface area contributed by atoms with Crippen LogP contribution in [0, 0.1) is 11.3 Å². The topological polar surface area (TPSA) is 39.1 Å². The highest BCUT2D eigenvalue weighted by Gasteiger charge is 2.20. The molecule has 0 unspecified atom stereocenters. The van der Waals surface area contributed by atoms with Crippen LogP contribution in [0.1, 0.15) is 23.6 Å². The van der Waals surface area contributed by atoms with Gasteiger partial charge in [-0.1, -0.05) is 18.2 Å². The molecule has 5 heteroatoms. The molecule has 1 aliphatic heterocycles. The van der Waals surface area contributed by atoms with E-state index in [4.69, 9.17) is 5.26 Å². The molecule has 1 atom stereocenters. The van der Waals surface area contributed by atoms with Gasteiger partial charge < -0.3 is 5.32 Å². The Morgan fingerprint density at radius 3 is 2.35 bits per heavy atom. The van der Waals surface area contributed by atoms with Crippen LogP contribution in [0.2, 0.25) is 0 Å². The predicted molar refractivity (Wildman–Crippen MR) is 87.7 cm³/mol. The van der Waals surface area contributed by atoms with Crippen molar-refractivity contribution in [1.82, 2.24) is 10.2 Å². The first-order chi connectivity index (χ1) is 8.85. The summed E-state index contributed by atoms with van der Waals surface area (Å²) in [4.78, 5) is 2.49. The quantitative estimate of drug-likeness (QED) is 0.869. The molecule has 0 spiro atoms. The fourth-order valence-corrected chi connectivity index (χ4v) is 2.43. The Morgan fingerprint density at radius 1 is 1.25 bits per heavy atom. The summed E-state index contributed by atoms with van der Waals surface area (Å²) in [6.07, 6.45) is 2.93. The van der Waals surface area contributed by atoms with E-state index < -0.39 is 0 Å². The molecule has 1 saturated heterocycles. The highest BCUT2D eigenvalue weighted by molar-refractivity contribution is 5.85. The minimum atomic E-state index is 0. The standard InChI is InChI=1S/C15H19N3.2ClH/c1-2-3-15(18-10-8-17-9-11-18)14-6-4-13(12-16)5-7-14;;/h2,4-7,15,17H,1,3,8-11H2;2*1H/t15-;;/m1../s1. The fraction of sp³-hybridized carbons (Fsp3) is 0.400. The maximum atomic E-state index is 8.83. The molecule has 110 valence electrons. The smallest absolute Gasteiger partial charge is 0.0991 e. The molecule has 0 bridgehead atoms. The minimum Gasteiger partial charge on any atom is -0.314 e. The van der Waals surface area contributed by atoms with Crippen molar-refractivity contribution in [3.63, 3.8) is 0 Å². The van der Waals surface area contributed by atoms with Crippen LogP contribution < -0.4 is 5.32 Å². The summed E-state index contributed by atoms with van der Waals surface area (Å²) in [6.45, 7) is 8.09. The van der Waals surface area contributed by atoms with Crippen LogP contribution in [-0.2, 0) is 0 Å². The first kappa shape index (κ1) is 18.9. The second-order valence-corrected chi connectivity index (χ2v) is 4.56. The van der Waals surface area contributed by atoms with Gasteiger partial charge in [-0.15, -0.1) is 31.4 Å². The molecule has 2 rings (SSSR count). The van der Waals surface area contributed by atoms with Crippen molar-refractivity contribution in [1.29, 1.82) is 5.26 Å². The maximum absolute atomic E-state index is 8.83. The summed E-state index contributed by atoms with van der Waals surface area (Å²) in [5.41, 5.74) is 1.99. The van der Waals surface area contributed by atoms with Crippen LogP contribution in [0.3, 0.4) is 0 Å². The van der Waals surface area contributed by atoms with Gasteiger partial charge in [0.2, 0.25) is 0 Å². The fourth-order valence-electron chi connectivity index (χ4n) is 2.43. The number of hydrogen-bond acceptors (Lipinski definition) is 3. The molecule has 0 amide bonds. The molecule has 3 nitrogen and oxygen atoms in total. The largest absolute Gasteiger partial charge is 0.314 e. The van der Waals surface area contributed by atoms with Crippen LogP contribution in [0.15, 0.2) is 36.9 Å². The molecular formula is C15H21Cl2N3. The number of nitriles is 1. The van der Waals surface area contributed by atoms with Crippen LogP contribution in [0.4, 0.5) is 0 Å². The van der Waals surface area contributed by atoms with E-state index in [1.807, 2.05) is 18.2 Å². The average Bonchev–Trinajstić information content (AvgIpc) is 2.46. The van der Waals surface area contributed by atoms with Crippen molar-refractivity contribution < 1.29 is 0 Å². The van der Waals surface area contributed by atoms with E-state index in [0.717, 1.165) is 38.2 Å². The molecule has 0 aromatic heterocycles.